The number of carbonyl (C=O) groups is 1. The molecule has 4 heterocycles. The minimum atomic E-state index is -0.0869. The Morgan fingerprint density at radius 2 is 2.16 bits per heavy atom. The highest BCUT2D eigenvalue weighted by atomic mass is 32.2. The van der Waals surface area contributed by atoms with Crippen LogP contribution < -0.4 is 5.32 Å². The van der Waals surface area contributed by atoms with Crippen LogP contribution in [0.25, 0.3) is 16.6 Å². The first-order chi connectivity index (χ1) is 12.3. The number of carbonyl (C=O) groups excluding carboxylic acids is 1. The van der Waals surface area contributed by atoms with Gasteiger partial charge in [0.25, 0.3) is 0 Å². The lowest BCUT2D eigenvalue weighted by Crippen LogP contribution is -2.24. The summed E-state index contributed by atoms with van der Waals surface area (Å²) in [6.45, 7) is 2.41. The van der Waals surface area contributed by atoms with Crippen molar-refractivity contribution in [3.8, 4) is 0 Å². The van der Waals surface area contributed by atoms with E-state index in [2.05, 4.69) is 15.5 Å². The predicted octanol–water partition coefficient (Wildman–Crippen LogP) is 3.04. The molecule has 0 aliphatic carbocycles. The molecular formula is C17H16N4O3S. The molecule has 4 aromatic rings. The molecule has 0 aliphatic heterocycles. The van der Waals surface area contributed by atoms with Gasteiger partial charge in [-0.1, -0.05) is 18.7 Å². The van der Waals surface area contributed by atoms with Crippen LogP contribution in [-0.4, -0.2) is 26.3 Å². The summed E-state index contributed by atoms with van der Waals surface area (Å²) in [7, 11) is 0. The second-order valence-electron chi connectivity index (χ2n) is 5.45. The summed E-state index contributed by atoms with van der Waals surface area (Å²) < 4.78 is 12.7. The van der Waals surface area contributed by atoms with E-state index in [0.717, 1.165) is 34.6 Å². The Morgan fingerprint density at radius 1 is 1.24 bits per heavy atom. The summed E-state index contributed by atoms with van der Waals surface area (Å²) in [5, 5.41) is 12.1. The zero-order chi connectivity index (χ0) is 17.2. The smallest absolute Gasteiger partial charge is 0.230 e. The fraction of sp³-hybridized carbons (Fsp3) is 0.235. The summed E-state index contributed by atoms with van der Waals surface area (Å²) in [6.07, 6.45) is 4.00. The van der Waals surface area contributed by atoms with E-state index in [1.54, 1.807) is 18.6 Å². The van der Waals surface area contributed by atoms with Crippen LogP contribution in [0.15, 0.2) is 50.7 Å². The second kappa shape index (κ2) is 6.64. The Hall–Kier alpha value is -2.74. The first-order valence-corrected chi connectivity index (χ1v) is 8.91. The van der Waals surface area contributed by atoms with Gasteiger partial charge in [0.1, 0.15) is 16.6 Å². The van der Waals surface area contributed by atoms with Crippen molar-refractivity contribution in [1.29, 1.82) is 0 Å². The largest absolute Gasteiger partial charge is 0.467 e. The summed E-state index contributed by atoms with van der Waals surface area (Å²) in [4.78, 5) is 12.0. The lowest BCUT2D eigenvalue weighted by atomic mass is 10.4. The van der Waals surface area contributed by atoms with Crippen LogP contribution in [0.3, 0.4) is 0 Å². The third-order valence-electron chi connectivity index (χ3n) is 3.85. The van der Waals surface area contributed by atoms with Crippen LogP contribution in [0, 0.1) is 0 Å². The molecule has 0 unspecified atom stereocenters. The van der Waals surface area contributed by atoms with Crippen LogP contribution >= 0.6 is 11.8 Å². The quantitative estimate of drug-likeness (QED) is 0.535. The van der Waals surface area contributed by atoms with E-state index in [1.165, 1.54) is 11.8 Å². The summed E-state index contributed by atoms with van der Waals surface area (Å²) >= 11 is 1.35. The Bertz CT molecular complexity index is 1020. The molecule has 0 bridgehead atoms. The van der Waals surface area contributed by atoms with Crippen molar-refractivity contribution in [3.63, 3.8) is 0 Å². The van der Waals surface area contributed by atoms with Crippen LogP contribution in [0.5, 0.6) is 0 Å². The van der Waals surface area contributed by atoms with Crippen LogP contribution in [-0.2, 0) is 17.8 Å². The van der Waals surface area contributed by atoms with Gasteiger partial charge in [0.15, 0.2) is 5.58 Å². The van der Waals surface area contributed by atoms with E-state index in [9.17, 15) is 4.79 Å². The Balaban J connectivity index is 1.52. The maximum absolute atomic E-state index is 12.0. The predicted molar refractivity (Wildman–Crippen MR) is 93.4 cm³/mol. The van der Waals surface area contributed by atoms with Crippen LogP contribution in [0.2, 0.25) is 0 Å². The van der Waals surface area contributed by atoms with Gasteiger partial charge in [-0.3, -0.25) is 9.20 Å². The second-order valence-corrected chi connectivity index (χ2v) is 6.42. The number of hydrogen-bond acceptors (Lipinski definition) is 6. The average Bonchev–Trinajstić information content (AvgIpc) is 3.34. The van der Waals surface area contributed by atoms with Crippen LogP contribution in [0.1, 0.15) is 18.5 Å². The van der Waals surface area contributed by atoms with Crippen LogP contribution in [0.4, 0.5) is 0 Å². The van der Waals surface area contributed by atoms with E-state index >= 15 is 0 Å². The molecule has 128 valence electrons. The fourth-order valence-electron chi connectivity index (χ4n) is 2.68. The van der Waals surface area contributed by atoms with Gasteiger partial charge in [-0.25, -0.2) is 0 Å². The maximum Gasteiger partial charge on any atom is 0.230 e. The van der Waals surface area contributed by atoms with Gasteiger partial charge in [-0.15, -0.1) is 10.2 Å². The van der Waals surface area contributed by atoms with Crippen molar-refractivity contribution < 1.29 is 13.6 Å². The van der Waals surface area contributed by atoms with Gasteiger partial charge in [0.2, 0.25) is 5.91 Å². The van der Waals surface area contributed by atoms with Crippen molar-refractivity contribution in [2.24, 2.45) is 0 Å². The third-order valence-corrected chi connectivity index (χ3v) is 4.82. The summed E-state index contributed by atoms with van der Waals surface area (Å²) in [6, 6.07) is 7.46. The first-order valence-electron chi connectivity index (χ1n) is 7.92. The number of fused-ring (bicyclic) bond motifs is 3. The van der Waals surface area contributed by atoms with E-state index in [4.69, 9.17) is 8.83 Å². The van der Waals surface area contributed by atoms with Crippen molar-refractivity contribution in [2.45, 2.75) is 24.9 Å². The highest BCUT2D eigenvalue weighted by molar-refractivity contribution is 8.00. The topological polar surface area (TPSA) is 85.6 Å². The molecule has 7 nitrogen and oxygen atoms in total. The van der Waals surface area contributed by atoms with E-state index in [0.29, 0.717) is 11.6 Å². The standard InChI is InChI=1S/C17H16N4O3S/c1-2-15-19-20-17(13-8-14-12(21(13)15)5-7-24-14)25-10-16(22)18-9-11-4-3-6-23-11/h3-8H,2,9-10H2,1H3,(H,18,22). The van der Waals surface area contributed by atoms with E-state index in [-0.39, 0.29) is 11.7 Å². The molecule has 8 heteroatoms. The molecular weight excluding hydrogens is 340 g/mol. The maximum atomic E-state index is 12.0. The number of furan rings is 2. The van der Waals surface area contributed by atoms with Gasteiger partial charge in [0.05, 0.1) is 35.9 Å². The molecule has 0 fully saturated rings. The number of aromatic nitrogens is 3. The van der Waals surface area contributed by atoms with Crippen molar-refractivity contribution in [3.05, 3.63) is 48.4 Å². The van der Waals surface area contributed by atoms with Gasteiger partial charge >= 0.3 is 0 Å². The molecule has 25 heavy (non-hydrogen) atoms. The summed E-state index contributed by atoms with van der Waals surface area (Å²) in [5.74, 6) is 1.75. The third kappa shape index (κ3) is 3.00. The van der Waals surface area contributed by atoms with Crippen molar-refractivity contribution in [1.82, 2.24) is 19.9 Å². The number of aryl methyl sites for hydroxylation is 1. The highest BCUT2D eigenvalue weighted by Gasteiger charge is 2.15. The van der Waals surface area contributed by atoms with Gasteiger partial charge < -0.3 is 14.2 Å². The lowest BCUT2D eigenvalue weighted by Gasteiger charge is -2.07. The number of nitrogens with one attached hydrogen (secondary N) is 1. The highest BCUT2D eigenvalue weighted by Crippen LogP contribution is 2.28. The fourth-order valence-corrected chi connectivity index (χ4v) is 3.44. The Morgan fingerprint density at radius 3 is 2.96 bits per heavy atom. The summed E-state index contributed by atoms with van der Waals surface area (Å²) in [5.41, 5.74) is 2.66. The first kappa shape index (κ1) is 15.8. The zero-order valence-corrected chi connectivity index (χ0v) is 14.4. The molecule has 4 rings (SSSR count). The molecule has 0 spiro atoms. The molecule has 0 aliphatic rings. The number of amides is 1. The van der Waals surface area contributed by atoms with Gasteiger partial charge in [-0.05, 0) is 12.1 Å². The molecule has 0 atom stereocenters. The van der Waals surface area contributed by atoms with Crippen molar-refractivity contribution in [2.75, 3.05) is 5.75 Å². The molecule has 0 saturated carbocycles. The Labute approximate surface area is 147 Å². The van der Waals surface area contributed by atoms with Gasteiger partial charge in [-0.2, -0.15) is 0 Å². The molecule has 1 amide bonds. The molecule has 0 aromatic carbocycles. The molecule has 0 saturated heterocycles. The molecule has 1 N–H and O–H groups in total. The number of nitrogens with zero attached hydrogens (tertiary/aromatic N) is 3. The SMILES string of the molecule is CCc1nnc(SCC(=O)NCc2ccco2)c2cc3occc3n12. The zero-order valence-electron chi connectivity index (χ0n) is 13.6. The van der Waals surface area contributed by atoms with Crippen molar-refractivity contribution >= 4 is 34.3 Å². The van der Waals surface area contributed by atoms with Gasteiger partial charge in [0, 0.05) is 18.6 Å². The molecule has 4 aromatic heterocycles. The normalized spacial score (nSPS) is 11.4. The number of rotatable bonds is 6. The minimum Gasteiger partial charge on any atom is -0.467 e. The molecule has 0 radical (unpaired) electrons. The average molecular weight is 356 g/mol. The van der Waals surface area contributed by atoms with E-state index in [1.807, 2.05) is 29.5 Å². The monoisotopic (exact) mass is 356 g/mol. The number of thioether (sulfide) groups is 1. The van der Waals surface area contributed by atoms with E-state index < -0.39 is 0 Å². The minimum absolute atomic E-state index is 0.0869. The lowest BCUT2D eigenvalue weighted by molar-refractivity contribution is -0.118. The number of hydrogen-bond donors (Lipinski definition) is 1. The Kier molecular flexibility index (Phi) is 4.19.